The Labute approximate surface area is 155 Å². The van der Waals surface area contributed by atoms with Crippen LogP contribution in [0, 0.1) is 11.6 Å². The number of benzene rings is 2. The van der Waals surface area contributed by atoms with Gasteiger partial charge in [0.2, 0.25) is 0 Å². The highest BCUT2D eigenvalue weighted by atomic mass is 19.1. The van der Waals surface area contributed by atoms with Crippen molar-refractivity contribution in [1.29, 1.82) is 0 Å². The molecule has 27 heavy (non-hydrogen) atoms. The minimum absolute atomic E-state index is 0.0575. The molecule has 0 radical (unpaired) electrons. The Kier molecular flexibility index (Phi) is 4.94. The van der Waals surface area contributed by atoms with Gasteiger partial charge in [0, 0.05) is 17.0 Å². The van der Waals surface area contributed by atoms with Gasteiger partial charge >= 0.3 is 6.03 Å². The zero-order valence-electron chi connectivity index (χ0n) is 15.2. The van der Waals surface area contributed by atoms with Crippen LogP contribution in [-0.4, -0.2) is 21.8 Å². The Hall–Kier alpha value is -3.22. The highest BCUT2D eigenvalue weighted by molar-refractivity contribution is 5.96. The fourth-order valence-corrected chi connectivity index (χ4v) is 2.52. The topological polar surface area (TPSA) is 69.8 Å². The summed E-state index contributed by atoms with van der Waals surface area (Å²) in [6.07, 6.45) is 3.51. The number of H-pyrrole nitrogens is 1. The third kappa shape index (κ3) is 4.69. The van der Waals surface area contributed by atoms with Crippen molar-refractivity contribution in [1.82, 2.24) is 15.5 Å². The van der Waals surface area contributed by atoms with E-state index < -0.39 is 17.4 Å². The van der Waals surface area contributed by atoms with Crippen molar-refractivity contribution in [3.8, 4) is 0 Å². The lowest BCUT2D eigenvalue weighted by Crippen LogP contribution is -2.43. The number of hydrogen-bond donors (Lipinski definition) is 3. The van der Waals surface area contributed by atoms with Crippen LogP contribution in [0.5, 0.6) is 0 Å². The second-order valence-corrected chi connectivity index (χ2v) is 7.20. The maximum Gasteiger partial charge on any atom is 0.319 e. The first-order valence-corrected chi connectivity index (χ1v) is 8.42. The van der Waals surface area contributed by atoms with E-state index in [0.29, 0.717) is 16.6 Å². The SMILES string of the molecule is CC(C)(C)NC(=O)Nc1cc2c(C=Cc3ccc(F)cc3)n[nH]c2cc1F. The summed E-state index contributed by atoms with van der Waals surface area (Å²) in [6.45, 7) is 5.50. The molecule has 0 saturated heterocycles. The number of anilines is 1. The summed E-state index contributed by atoms with van der Waals surface area (Å²) in [4.78, 5) is 12.0. The van der Waals surface area contributed by atoms with E-state index in [1.165, 1.54) is 24.3 Å². The molecule has 2 amide bonds. The Bertz CT molecular complexity index is 1000. The molecule has 0 atom stereocenters. The quantitative estimate of drug-likeness (QED) is 0.612. The zero-order valence-corrected chi connectivity index (χ0v) is 15.2. The summed E-state index contributed by atoms with van der Waals surface area (Å²) >= 11 is 0. The molecule has 0 aliphatic heterocycles. The molecule has 7 heteroatoms. The molecular weight excluding hydrogens is 350 g/mol. The lowest BCUT2D eigenvalue weighted by Gasteiger charge is -2.20. The van der Waals surface area contributed by atoms with Gasteiger partial charge in [0.15, 0.2) is 0 Å². The van der Waals surface area contributed by atoms with Crippen molar-refractivity contribution in [2.45, 2.75) is 26.3 Å². The summed E-state index contributed by atoms with van der Waals surface area (Å²) in [7, 11) is 0. The number of carbonyl (C=O) groups excluding carboxylic acids is 1. The number of halogens is 2. The number of nitrogens with zero attached hydrogens (tertiary/aromatic N) is 1. The third-order valence-electron chi connectivity index (χ3n) is 3.72. The van der Waals surface area contributed by atoms with Gasteiger partial charge in [-0.15, -0.1) is 0 Å². The molecule has 0 spiro atoms. The summed E-state index contributed by atoms with van der Waals surface area (Å²) in [5, 5.41) is 12.8. The van der Waals surface area contributed by atoms with Crippen molar-refractivity contribution in [2.75, 3.05) is 5.32 Å². The summed E-state index contributed by atoms with van der Waals surface area (Å²) < 4.78 is 27.2. The van der Waals surface area contributed by atoms with Gasteiger partial charge in [-0.3, -0.25) is 5.10 Å². The molecule has 0 aliphatic rings. The fourth-order valence-electron chi connectivity index (χ4n) is 2.52. The highest BCUT2D eigenvalue weighted by Crippen LogP contribution is 2.25. The second kappa shape index (κ2) is 7.19. The van der Waals surface area contributed by atoms with Crippen molar-refractivity contribution in [2.24, 2.45) is 0 Å². The van der Waals surface area contributed by atoms with Crippen LogP contribution >= 0.6 is 0 Å². The summed E-state index contributed by atoms with van der Waals surface area (Å²) in [5.41, 5.74) is 1.50. The van der Waals surface area contributed by atoms with E-state index in [1.54, 1.807) is 24.3 Å². The summed E-state index contributed by atoms with van der Waals surface area (Å²) in [5.74, 6) is -0.874. The van der Waals surface area contributed by atoms with E-state index in [0.717, 1.165) is 5.56 Å². The molecule has 3 N–H and O–H groups in total. The van der Waals surface area contributed by atoms with E-state index in [-0.39, 0.29) is 11.5 Å². The number of nitrogens with one attached hydrogen (secondary N) is 3. The lowest BCUT2D eigenvalue weighted by atomic mass is 10.1. The van der Waals surface area contributed by atoms with Gasteiger partial charge < -0.3 is 10.6 Å². The maximum absolute atomic E-state index is 14.3. The molecule has 0 unspecified atom stereocenters. The lowest BCUT2D eigenvalue weighted by molar-refractivity contribution is 0.243. The fraction of sp³-hybridized carbons (Fsp3) is 0.200. The van der Waals surface area contributed by atoms with Gasteiger partial charge in [0.05, 0.1) is 16.9 Å². The smallest absolute Gasteiger partial charge is 0.319 e. The third-order valence-corrected chi connectivity index (χ3v) is 3.72. The molecule has 0 bridgehead atoms. The van der Waals surface area contributed by atoms with Crippen molar-refractivity contribution in [3.63, 3.8) is 0 Å². The molecule has 3 aromatic rings. The number of rotatable bonds is 3. The van der Waals surface area contributed by atoms with E-state index in [1.807, 2.05) is 20.8 Å². The molecule has 1 aromatic heterocycles. The van der Waals surface area contributed by atoms with Crippen LogP contribution < -0.4 is 10.6 Å². The van der Waals surface area contributed by atoms with E-state index >= 15 is 0 Å². The van der Waals surface area contributed by atoms with Crippen LogP contribution in [0.25, 0.3) is 23.1 Å². The van der Waals surface area contributed by atoms with Gasteiger partial charge in [-0.05, 0) is 50.6 Å². The van der Waals surface area contributed by atoms with E-state index in [4.69, 9.17) is 0 Å². The average Bonchev–Trinajstić information content (AvgIpc) is 2.95. The van der Waals surface area contributed by atoms with Crippen LogP contribution in [0.1, 0.15) is 32.0 Å². The van der Waals surface area contributed by atoms with E-state index in [2.05, 4.69) is 20.8 Å². The predicted molar refractivity (Wildman–Crippen MR) is 103 cm³/mol. The van der Waals surface area contributed by atoms with Crippen LogP contribution in [0.2, 0.25) is 0 Å². The number of aromatic nitrogens is 2. The summed E-state index contributed by atoms with van der Waals surface area (Å²) in [6, 6.07) is 8.34. The first-order valence-electron chi connectivity index (χ1n) is 8.42. The van der Waals surface area contributed by atoms with Crippen LogP contribution in [0.4, 0.5) is 19.3 Å². The minimum Gasteiger partial charge on any atom is -0.333 e. The normalized spacial score (nSPS) is 11.9. The Balaban J connectivity index is 1.88. The van der Waals surface area contributed by atoms with Crippen LogP contribution in [-0.2, 0) is 0 Å². The van der Waals surface area contributed by atoms with Gasteiger partial charge in [-0.25, -0.2) is 13.6 Å². The Morgan fingerprint density at radius 1 is 1.11 bits per heavy atom. The number of hydrogen-bond acceptors (Lipinski definition) is 2. The molecule has 3 rings (SSSR count). The second-order valence-electron chi connectivity index (χ2n) is 7.20. The molecule has 5 nitrogen and oxygen atoms in total. The first-order chi connectivity index (χ1) is 12.7. The number of aromatic amines is 1. The molecule has 140 valence electrons. The number of fused-ring (bicyclic) bond motifs is 1. The number of carbonyl (C=O) groups is 1. The molecule has 1 heterocycles. The minimum atomic E-state index is -0.565. The largest absolute Gasteiger partial charge is 0.333 e. The molecule has 0 saturated carbocycles. The Morgan fingerprint density at radius 2 is 1.81 bits per heavy atom. The molecular formula is C20H20F2N4O. The van der Waals surface area contributed by atoms with Crippen molar-refractivity contribution >= 4 is 34.8 Å². The molecule has 2 aromatic carbocycles. The maximum atomic E-state index is 14.3. The van der Waals surface area contributed by atoms with Crippen molar-refractivity contribution < 1.29 is 13.6 Å². The standard InChI is InChI=1S/C20H20F2N4O/c1-20(2,3)24-19(27)23-18-10-14-16(25-26-17(14)11-15(18)22)9-6-12-4-7-13(21)8-5-12/h4-11H,1-3H3,(H,25,26)(H2,23,24,27). The van der Waals surface area contributed by atoms with Crippen LogP contribution in [0.3, 0.4) is 0 Å². The highest BCUT2D eigenvalue weighted by Gasteiger charge is 2.16. The number of amides is 2. The zero-order chi connectivity index (χ0) is 19.6. The monoisotopic (exact) mass is 370 g/mol. The molecule has 0 fully saturated rings. The average molecular weight is 370 g/mol. The van der Waals surface area contributed by atoms with Crippen LogP contribution in [0.15, 0.2) is 36.4 Å². The first kappa shape index (κ1) is 18.6. The van der Waals surface area contributed by atoms with Gasteiger partial charge in [0.1, 0.15) is 11.6 Å². The molecule has 0 aliphatic carbocycles. The van der Waals surface area contributed by atoms with Gasteiger partial charge in [-0.1, -0.05) is 18.2 Å². The number of urea groups is 1. The predicted octanol–water partition coefficient (Wildman–Crippen LogP) is 4.93. The van der Waals surface area contributed by atoms with Crippen molar-refractivity contribution in [3.05, 3.63) is 59.3 Å². The van der Waals surface area contributed by atoms with E-state index in [9.17, 15) is 13.6 Å². The van der Waals surface area contributed by atoms with Gasteiger partial charge in [-0.2, -0.15) is 5.10 Å². The van der Waals surface area contributed by atoms with Gasteiger partial charge in [0.25, 0.3) is 0 Å². The Morgan fingerprint density at radius 3 is 2.48 bits per heavy atom.